The van der Waals surface area contributed by atoms with Gasteiger partial charge in [0, 0.05) is 5.56 Å². The summed E-state index contributed by atoms with van der Waals surface area (Å²) >= 11 is 11.8. The van der Waals surface area contributed by atoms with Gasteiger partial charge in [-0.2, -0.15) is 8.42 Å². The molecule has 1 rings (SSSR count). The topological polar surface area (TPSA) is 34.1 Å². The molecule has 0 saturated carbocycles. The van der Waals surface area contributed by atoms with Crippen LogP contribution in [-0.4, -0.2) is 8.42 Å². The van der Waals surface area contributed by atoms with Crippen LogP contribution >= 0.6 is 34.5 Å². The normalized spacial score (nSPS) is 12.0. The fraction of sp³-hybridized carbons (Fsp3) is 0.200. The van der Waals surface area contributed by atoms with E-state index in [9.17, 15) is 12.3 Å². The van der Waals surface area contributed by atoms with Crippen molar-refractivity contribution in [1.29, 1.82) is 0 Å². The molecule has 0 atom stereocenters. The van der Waals surface area contributed by atoms with Crippen molar-refractivity contribution in [1.82, 2.24) is 0 Å². The Hall–Kier alpha value is 0.160. The van der Waals surface area contributed by atoms with Gasteiger partial charge in [0.1, 0.15) is 9.23 Å². The molecule has 68 valence electrons. The van der Waals surface area contributed by atoms with Gasteiger partial charge in [-0.25, -0.2) is 0 Å². The zero-order valence-electron chi connectivity index (χ0n) is 5.77. The minimum Gasteiger partial charge on any atom is -0.189 e. The molecule has 0 unspecified atom stereocenters. The van der Waals surface area contributed by atoms with Gasteiger partial charge in [-0.1, -0.05) is 23.2 Å². The molecule has 0 amide bonds. The van der Waals surface area contributed by atoms with E-state index in [-0.39, 0.29) is 14.2 Å². The number of hydrogen-bond donors (Lipinski definition) is 0. The average Bonchev–Trinajstić information content (AvgIpc) is 2.05. The van der Waals surface area contributed by atoms with Crippen molar-refractivity contribution in [3.8, 4) is 0 Å². The molecule has 0 radical (unpaired) electrons. The van der Waals surface area contributed by atoms with Gasteiger partial charge in [-0.3, -0.25) is 0 Å². The van der Waals surface area contributed by atoms with Gasteiger partial charge in [0.25, 0.3) is 0 Å². The quantitative estimate of drug-likeness (QED) is 0.717. The van der Waals surface area contributed by atoms with Crippen LogP contribution in [0.2, 0.25) is 8.67 Å². The molecule has 12 heavy (non-hydrogen) atoms. The number of thiophene rings is 1. The van der Waals surface area contributed by atoms with Crippen molar-refractivity contribution in [2.45, 2.75) is 11.8 Å². The van der Waals surface area contributed by atoms with Gasteiger partial charge >= 0.3 is 10.2 Å². The largest absolute Gasteiger partial charge is 0.334 e. The third-order valence-corrected chi connectivity index (χ3v) is 4.28. The number of rotatable bonds is 1. The molecule has 0 bridgehead atoms. The van der Waals surface area contributed by atoms with Crippen LogP contribution in [-0.2, 0) is 10.2 Å². The van der Waals surface area contributed by atoms with Crippen molar-refractivity contribution in [2.75, 3.05) is 0 Å². The highest BCUT2D eigenvalue weighted by Crippen LogP contribution is 2.39. The summed E-state index contributed by atoms with van der Waals surface area (Å²) in [5.41, 5.74) is 0.161. The highest BCUT2D eigenvalue weighted by atomic mass is 35.5. The van der Waals surface area contributed by atoms with Gasteiger partial charge in [0.05, 0.1) is 4.34 Å². The van der Waals surface area contributed by atoms with Gasteiger partial charge < -0.3 is 0 Å². The third kappa shape index (κ3) is 1.74. The Morgan fingerprint density at radius 3 is 2.00 bits per heavy atom. The molecule has 0 saturated heterocycles. The summed E-state index contributed by atoms with van der Waals surface area (Å²) in [6.07, 6.45) is 0. The summed E-state index contributed by atoms with van der Waals surface area (Å²) in [5.74, 6) is 0. The van der Waals surface area contributed by atoms with Crippen LogP contribution in [0.3, 0.4) is 0 Å². The fourth-order valence-electron chi connectivity index (χ4n) is 0.717. The van der Waals surface area contributed by atoms with E-state index in [2.05, 4.69) is 0 Å². The highest BCUT2D eigenvalue weighted by molar-refractivity contribution is 7.86. The summed E-state index contributed by atoms with van der Waals surface area (Å²) in [5, 5.41) is 0. The molecule has 0 N–H and O–H groups in total. The summed E-state index contributed by atoms with van der Waals surface area (Å²) in [6.45, 7) is 1.40. The van der Waals surface area contributed by atoms with Crippen molar-refractivity contribution in [3.63, 3.8) is 0 Å². The van der Waals surface area contributed by atoms with Crippen LogP contribution in [0, 0.1) is 6.92 Å². The fourth-order valence-corrected chi connectivity index (χ4v) is 3.67. The van der Waals surface area contributed by atoms with Crippen LogP contribution in [0.15, 0.2) is 4.90 Å². The first-order chi connectivity index (χ1) is 5.34. The van der Waals surface area contributed by atoms with E-state index in [1.807, 2.05) is 0 Å². The average molecular weight is 249 g/mol. The van der Waals surface area contributed by atoms with Crippen LogP contribution < -0.4 is 0 Å². The van der Waals surface area contributed by atoms with Gasteiger partial charge in [0.15, 0.2) is 0 Å². The highest BCUT2D eigenvalue weighted by Gasteiger charge is 2.24. The molecule has 1 aromatic rings. The first-order valence-corrected chi connectivity index (χ1v) is 5.68. The Morgan fingerprint density at radius 1 is 1.33 bits per heavy atom. The van der Waals surface area contributed by atoms with Crippen molar-refractivity contribution >= 4 is 44.8 Å². The van der Waals surface area contributed by atoms with Crippen molar-refractivity contribution < 1.29 is 12.3 Å². The maximum Gasteiger partial charge on any atom is 0.334 e. The third-order valence-electron chi connectivity index (χ3n) is 1.24. The predicted molar refractivity (Wildman–Crippen MR) is 47.4 cm³/mol. The first-order valence-electron chi connectivity index (χ1n) is 2.73. The monoisotopic (exact) mass is 248 g/mol. The Morgan fingerprint density at radius 2 is 1.83 bits per heavy atom. The molecule has 0 spiro atoms. The summed E-state index contributed by atoms with van der Waals surface area (Å²) < 4.78 is 33.5. The molecular weight excluding hydrogens is 246 g/mol. The van der Waals surface area contributed by atoms with E-state index in [4.69, 9.17) is 23.2 Å². The molecule has 1 heterocycles. The molecule has 2 nitrogen and oxygen atoms in total. The smallest absolute Gasteiger partial charge is 0.189 e. The lowest BCUT2D eigenvalue weighted by Gasteiger charge is -1.92. The lowest BCUT2D eigenvalue weighted by atomic mass is 10.4. The van der Waals surface area contributed by atoms with Gasteiger partial charge in [-0.15, -0.1) is 15.2 Å². The van der Waals surface area contributed by atoms with Crippen LogP contribution in [0.1, 0.15) is 5.56 Å². The van der Waals surface area contributed by atoms with Crippen molar-refractivity contribution in [2.24, 2.45) is 0 Å². The molecular formula is C5H3Cl2FO2S2. The van der Waals surface area contributed by atoms with E-state index in [1.165, 1.54) is 6.92 Å². The minimum atomic E-state index is -4.75. The molecule has 0 aliphatic heterocycles. The van der Waals surface area contributed by atoms with E-state index in [0.717, 1.165) is 11.3 Å². The lowest BCUT2D eigenvalue weighted by molar-refractivity contribution is 0.552. The van der Waals surface area contributed by atoms with Crippen LogP contribution in [0.25, 0.3) is 0 Å². The zero-order valence-corrected chi connectivity index (χ0v) is 8.91. The number of halogens is 3. The SMILES string of the molecule is Cc1c(Cl)sc(Cl)c1S(=O)(=O)F. The second-order valence-corrected chi connectivity index (χ2v) is 5.55. The molecule has 1 aromatic heterocycles. The lowest BCUT2D eigenvalue weighted by Crippen LogP contribution is -1.92. The Balaban J connectivity index is 3.54. The molecule has 0 aliphatic rings. The minimum absolute atomic E-state index is 0.139. The summed E-state index contributed by atoms with van der Waals surface area (Å²) in [4.78, 5) is -0.515. The summed E-state index contributed by atoms with van der Waals surface area (Å²) in [7, 11) is -4.75. The predicted octanol–water partition coefficient (Wildman–Crippen LogP) is 3.02. The van der Waals surface area contributed by atoms with E-state index in [1.54, 1.807) is 0 Å². The molecule has 0 aliphatic carbocycles. The van der Waals surface area contributed by atoms with E-state index in [0.29, 0.717) is 0 Å². The molecule has 0 fully saturated rings. The zero-order chi connectivity index (χ0) is 9.52. The second-order valence-electron chi connectivity index (χ2n) is 2.04. The maximum absolute atomic E-state index is 12.5. The van der Waals surface area contributed by atoms with Gasteiger partial charge in [0.2, 0.25) is 0 Å². The van der Waals surface area contributed by atoms with Crippen molar-refractivity contribution in [3.05, 3.63) is 14.2 Å². The van der Waals surface area contributed by atoms with Crippen LogP contribution in [0.4, 0.5) is 3.89 Å². The van der Waals surface area contributed by atoms with Crippen LogP contribution in [0.5, 0.6) is 0 Å². The Kier molecular flexibility index (Phi) is 2.68. The summed E-state index contributed by atoms with van der Waals surface area (Å²) in [6, 6.07) is 0. The standard InChI is InChI=1S/C5H3Cl2FO2S2/c1-2-3(12(8,9)10)5(7)11-4(2)6/h1H3. The van der Waals surface area contributed by atoms with E-state index < -0.39 is 15.1 Å². The molecule has 0 aromatic carbocycles. The van der Waals surface area contributed by atoms with Gasteiger partial charge in [-0.05, 0) is 6.92 Å². The maximum atomic E-state index is 12.5. The Bertz CT molecular complexity index is 409. The molecule has 7 heteroatoms. The Labute approximate surface area is 83.1 Å². The number of hydrogen-bond acceptors (Lipinski definition) is 3. The van der Waals surface area contributed by atoms with E-state index >= 15 is 0 Å². The second kappa shape index (κ2) is 3.14. The first kappa shape index (κ1) is 10.2.